The number of ether oxygens (including phenoxy) is 1. The van der Waals surface area contributed by atoms with Gasteiger partial charge in [-0.05, 0) is 25.3 Å². The molecule has 2 aliphatic rings. The molecule has 2 fully saturated rings. The van der Waals surface area contributed by atoms with Gasteiger partial charge in [-0.2, -0.15) is 0 Å². The standard InChI is InChI=1S/C16H20N2O3/c1-15(13(17)19)11-18(9-10-21-15)14(20)16(7-8-16)12-5-3-2-4-6-12/h2-6H,7-11H2,1H3,(H2,17,19)/t15-/m1/s1. The van der Waals surface area contributed by atoms with Crippen molar-refractivity contribution in [2.75, 3.05) is 19.7 Å². The van der Waals surface area contributed by atoms with E-state index in [4.69, 9.17) is 10.5 Å². The second-order valence-electron chi connectivity index (χ2n) is 6.12. The Kier molecular flexibility index (Phi) is 3.24. The van der Waals surface area contributed by atoms with Crippen LogP contribution in [0.1, 0.15) is 25.3 Å². The number of hydrogen-bond donors (Lipinski definition) is 1. The third-order valence-electron chi connectivity index (χ3n) is 4.57. The Hall–Kier alpha value is -1.88. The summed E-state index contributed by atoms with van der Waals surface area (Å²) in [5.74, 6) is -0.436. The summed E-state index contributed by atoms with van der Waals surface area (Å²) in [5.41, 5.74) is 4.97. The van der Waals surface area contributed by atoms with Crippen LogP contribution in [0, 0.1) is 0 Å². The predicted octanol–water partition coefficient (Wildman–Crippen LogP) is 0.821. The lowest BCUT2D eigenvalue weighted by atomic mass is 9.93. The molecule has 3 rings (SSSR count). The summed E-state index contributed by atoms with van der Waals surface area (Å²) >= 11 is 0. The molecule has 5 heteroatoms. The van der Waals surface area contributed by atoms with Crippen molar-refractivity contribution in [1.82, 2.24) is 4.90 Å². The zero-order valence-corrected chi connectivity index (χ0v) is 12.2. The van der Waals surface area contributed by atoms with E-state index in [9.17, 15) is 9.59 Å². The normalized spacial score (nSPS) is 27.2. The third kappa shape index (κ3) is 2.31. The number of nitrogens with two attached hydrogens (primary N) is 1. The van der Waals surface area contributed by atoms with E-state index < -0.39 is 16.9 Å². The molecule has 2 N–H and O–H groups in total. The summed E-state index contributed by atoms with van der Waals surface area (Å²) in [6, 6.07) is 9.85. The number of amides is 2. The minimum Gasteiger partial charge on any atom is -0.367 e. The molecule has 1 saturated heterocycles. The van der Waals surface area contributed by atoms with Gasteiger partial charge < -0.3 is 15.4 Å². The van der Waals surface area contributed by atoms with Crippen molar-refractivity contribution < 1.29 is 14.3 Å². The summed E-state index contributed by atoms with van der Waals surface area (Å²) in [5, 5.41) is 0. The molecule has 2 amide bonds. The Labute approximate surface area is 124 Å². The van der Waals surface area contributed by atoms with Gasteiger partial charge in [-0.15, -0.1) is 0 Å². The zero-order chi connectivity index (χ0) is 15.1. The average Bonchev–Trinajstić information content (AvgIpc) is 3.29. The first kappa shape index (κ1) is 14.1. The maximum Gasteiger partial charge on any atom is 0.251 e. The van der Waals surface area contributed by atoms with E-state index in [-0.39, 0.29) is 12.5 Å². The fourth-order valence-electron chi connectivity index (χ4n) is 3.00. The second-order valence-corrected chi connectivity index (χ2v) is 6.12. The molecule has 1 aliphatic carbocycles. The molecule has 0 spiro atoms. The molecule has 0 bridgehead atoms. The van der Waals surface area contributed by atoms with Gasteiger partial charge in [-0.1, -0.05) is 30.3 Å². The van der Waals surface area contributed by atoms with Crippen LogP contribution in [-0.2, 0) is 19.7 Å². The highest BCUT2D eigenvalue weighted by Gasteiger charge is 2.54. The molecule has 112 valence electrons. The molecule has 1 atom stereocenters. The number of nitrogens with zero attached hydrogens (tertiary/aromatic N) is 1. The molecule has 21 heavy (non-hydrogen) atoms. The Morgan fingerprint density at radius 2 is 1.90 bits per heavy atom. The molecular weight excluding hydrogens is 268 g/mol. The van der Waals surface area contributed by atoms with Crippen LogP contribution >= 0.6 is 0 Å². The summed E-state index contributed by atoms with van der Waals surface area (Å²) in [6.07, 6.45) is 1.72. The van der Waals surface area contributed by atoms with Gasteiger partial charge in [0.1, 0.15) is 0 Å². The largest absolute Gasteiger partial charge is 0.367 e. The molecule has 1 heterocycles. The number of carbonyl (C=O) groups excluding carboxylic acids is 2. The van der Waals surface area contributed by atoms with Gasteiger partial charge in [0.15, 0.2) is 5.60 Å². The van der Waals surface area contributed by atoms with Gasteiger partial charge in [0.2, 0.25) is 5.91 Å². The van der Waals surface area contributed by atoms with E-state index in [0.717, 1.165) is 18.4 Å². The number of benzene rings is 1. The molecule has 5 nitrogen and oxygen atoms in total. The van der Waals surface area contributed by atoms with Crippen molar-refractivity contribution in [2.24, 2.45) is 5.73 Å². The summed E-state index contributed by atoms with van der Waals surface area (Å²) < 4.78 is 5.48. The van der Waals surface area contributed by atoms with Crippen molar-refractivity contribution in [3.8, 4) is 0 Å². The fourth-order valence-corrected chi connectivity index (χ4v) is 3.00. The Balaban J connectivity index is 1.81. The van der Waals surface area contributed by atoms with Gasteiger partial charge >= 0.3 is 0 Å². The predicted molar refractivity (Wildman–Crippen MR) is 77.5 cm³/mol. The highest BCUT2D eigenvalue weighted by molar-refractivity contribution is 5.92. The average molecular weight is 288 g/mol. The lowest BCUT2D eigenvalue weighted by molar-refractivity contribution is -0.161. The van der Waals surface area contributed by atoms with E-state index in [1.165, 1.54) is 0 Å². The van der Waals surface area contributed by atoms with Crippen molar-refractivity contribution in [2.45, 2.75) is 30.8 Å². The number of hydrogen-bond acceptors (Lipinski definition) is 3. The first-order chi connectivity index (χ1) is 9.98. The fraction of sp³-hybridized carbons (Fsp3) is 0.500. The van der Waals surface area contributed by atoms with Gasteiger partial charge in [0.05, 0.1) is 18.6 Å². The van der Waals surface area contributed by atoms with E-state index in [1.807, 2.05) is 30.3 Å². The van der Waals surface area contributed by atoms with Gasteiger partial charge in [0, 0.05) is 6.54 Å². The minimum absolute atomic E-state index is 0.0875. The maximum absolute atomic E-state index is 12.9. The molecule has 1 saturated carbocycles. The Morgan fingerprint density at radius 3 is 2.48 bits per heavy atom. The molecule has 0 unspecified atom stereocenters. The topological polar surface area (TPSA) is 72.6 Å². The highest BCUT2D eigenvalue weighted by Crippen LogP contribution is 2.49. The lowest BCUT2D eigenvalue weighted by Gasteiger charge is -2.39. The van der Waals surface area contributed by atoms with Crippen molar-refractivity contribution in [3.63, 3.8) is 0 Å². The molecule has 1 aliphatic heterocycles. The maximum atomic E-state index is 12.9. The van der Waals surface area contributed by atoms with Crippen molar-refractivity contribution in [3.05, 3.63) is 35.9 Å². The van der Waals surface area contributed by atoms with E-state index in [2.05, 4.69) is 0 Å². The van der Waals surface area contributed by atoms with Gasteiger partial charge in [0.25, 0.3) is 5.91 Å². The molecule has 0 aromatic heterocycles. The number of primary amides is 1. The lowest BCUT2D eigenvalue weighted by Crippen LogP contribution is -2.59. The molecular formula is C16H20N2O3. The second kappa shape index (κ2) is 4.84. The molecule has 1 aromatic carbocycles. The van der Waals surface area contributed by atoms with E-state index in [1.54, 1.807) is 11.8 Å². The zero-order valence-electron chi connectivity index (χ0n) is 12.2. The van der Waals surface area contributed by atoms with Gasteiger partial charge in [-0.25, -0.2) is 0 Å². The van der Waals surface area contributed by atoms with Crippen LogP contribution in [0.4, 0.5) is 0 Å². The van der Waals surface area contributed by atoms with Crippen LogP contribution < -0.4 is 5.73 Å². The van der Waals surface area contributed by atoms with Crippen LogP contribution in [0.25, 0.3) is 0 Å². The van der Waals surface area contributed by atoms with Crippen LogP contribution in [0.15, 0.2) is 30.3 Å². The van der Waals surface area contributed by atoms with Gasteiger partial charge in [-0.3, -0.25) is 9.59 Å². The summed E-state index contributed by atoms with van der Waals surface area (Å²) in [6.45, 7) is 2.74. The first-order valence-corrected chi connectivity index (χ1v) is 7.27. The van der Waals surface area contributed by atoms with Crippen LogP contribution in [0.2, 0.25) is 0 Å². The monoisotopic (exact) mass is 288 g/mol. The number of carbonyl (C=O) groups is 2. The summed E-state index contributed by atoms with van der Waals surface area (Å²) in [7, 11) is 0. The third-order valence-corrected chi connectivity index (χ3v) is 4.57. The van der Waals surface area contributed by atoms with Crippen LogP contribution in [0.5, 0.6) is 0 Å². The first-order valence-electron chi connectivity index (χ1n) is 7.27. The van der Waals surface area contributed by atoms with Crippen LogP contribution in [-0.4, -0.2) is 42.0 Å². The molecule has 0 radical (unpaired) electrons. The highest BCUT2D eigenvalue weighted by atomic mass is 16.5. The Bertz CT molecular complexity index is 568. The number of rotatable bonds is 3. The molecule has 1 aromatic rings. The van der Waals surface area contributed by atoms with E-state index >= 15 is 0 Å². The SMILES string of the molecule is C[C@]1(C(N)=O)CN(C(=O)C2(c3ccccc3)CC2)CCO1. The van der Waals surface area contributed by atoms with Crippen molar-refractivity contribution in [1.29, 1.82) is 0 Å². The van der Waals surface area contributed by atoms with E-state index in [0.29, 0.717) is 13.2 Å². The Morgan fingerprint density at radius 1 is 1.24 bits per heavy atom. The van der Waals surface area contributed by atoms with Crippen molar-refractivity contribution >= 4 is 11.8 Å². The smallest absolute Gasteiger partial charge is 0.251 e. The minimum atomic E-state index is -1.08. The number of morpholine rings is 1. The quantitative estimate of drug-likeness (QED) is 0.895. The van der Waals surface area contributed by atoms with Crippen LogP contribution in [0.3, 0.4) is 0 Å². The summed E-state index contributed by atoms with van der Waals surface area (Å²) in [4.78, 5) is 26.2.